The molecule has 20 heavy (non-hydrogen) atoms. The van der Waals surface area contributed by atoms with Crippen LogP contribution in [0, 0.1) is 5.82 Å². The van der Waals surface area contributed by atoms with Gasteiger partial charge in [-0.1, -0.05) is 6.07 Å². The van der Waals surface area contributed by atoms with Crippen LogP contribution in [-0.2, 0) is 4.74 Å². The normalized spacial score (nSPS) is 10.7. The molecule has 0 amide bonds. The number of ether oxygens (including phenoxy) is 1. The maximum Gasteiger partial charge on any atom is 0.358 e. The van der Waals surface area contributed by atoms with E-state index in [2.05, 4.69) is 4.98 Å². The molecule has 0 fully saturated rings. The lowest BCUT2D eigenvalue weighted by Crippen LogP contribution is -2.02. The summed E-state index contributed by atoms with van der Waals surface area (Å²) in [5.74, 6) is -0.245. The van der Waals surface area contributed by atoms with Crippen LogP contribution in [-0.4, -0.2) is 22.5 Å². The fourth-order valence-corrected chi connectivity index (χ4v) is 2.09. The Morgan fingerprint density at radius 2 is 1.95 bits per heavy atom. The number of fused-ring (bicyclic) bond motifs is 1. The van der Waals surface area contributed by atoms with Crippen LogP contribution in [0.1, 0.15) is 10.5 Å². The number of benzene rings is 1. The SMILES string of the molecule is COC(=O)c1nc(-c2ccc(F)cc2)n2ccccc12. The highest BCUT2D eigenvalue weighted by molar-refractivity contribution is 5.96. The zero-order valence-corrected chi connectivity index (χ0v) is 10.7. The van der Waals surface area contributed by atoms with E-state index in [0.717, 1.165) is 5.56 Å². The molecule has 3 aromatic rings. The minimum Gasteiger partial charge on any atom is -0.464 e. The summed E-state index contributed by atoms with van der Waals surface area (Å²) in [6.07, 6.45) is 1.80. The third-order valence-electron chi connectivity index (χ3n) is 3.03. The Hall–Kier alpha value is -2.69. The lowest BCUT2D eigenvalue weighted by molar-refractivity contribution is 0.0597. The second-order valence-corrected chi connectivity index (χ2v) is 4.24. The average Bonchev–Trinajstić information content (AvgIpc) is 2.87. The molecule has 0 saturated carbocycles. The molecule has 0 aliphatic carbocycles. The first-order valence-corrected chi connectivity index (χ1v) is 6.02. The van der Waals surface area contributed by atoms with Crippen LogP contribution in [0.3, 0.4) is 0 Å². The number of nitrogens with zero attached hydrogens (tertiary/aromatic N) is 2. The van der Waals surface area contributed by atoms with Gasteiger partial charge >= 0.3 is 5.97 Å². The molecule has 0 saturated heterocycles. The Morgan fingerprint density at radius 3 is 2.65 bits per heavy atom. The van der Waals surface area contributed by atoms with Crippen molar-refractivity contribution in [2.75, 3.05) is 7.11 Å². The summed E-state index contributed by atoms with van der Waals surface area (Å²) in [6, 6.07) is 11.4. The fourth-order valence-electron chi connectivity index (χ4n) is 2.09. The lowest BCUT2D eigenvalue weighted by Gasteiger charge is -2.00. The summed E-state index contributed by atoms with van der Waals surface area (Å²) in [4.78, 5) is 16.1. The van der Waals surface area contributed by atoms with Gasteiger partial charge in [-0.05, 0) is 36.4 Å². The van der Waals surface area contributed by atoms with E-state index in [0.29, 0.717) is 11.3 Å². The van der Waals surface area contributed by atoms with Crippen LogP contribution >= 0.6 is 0 Å². The molecule has 1 aromatic carbocycles. The molecular formula is C15H11FN2O2. The van der Waals surface area contributed by atoms with Crippen molar-refractivity contribution >= 4 is 11.5 Å². The van der Waals surface area contributed by atoms with Crippen molar-refractivity contribution in [2.45, 2.75) is 0 Å². The molecule has 100 valence electrons. The first kappa shape index (κ1) is 12.3. The summed E-state index contributed by atoms with van der Waals surface area (Å²) in [5, 5.41) is 0. The van der Waals surface area contributed by atoms with E-state index in [1.54, 1.807) is 28.8 Å². The molecule has 0 atom stereocenters. The average molecular weight is 270 g/mol. The predicted molar refractivity (Wildman–Crippen MR) is 71.9 cm³/mol. The minimum atomic E-state index is -0.498. The van der Waals surface area contributed by atoms with E-state index in [1.807, 2.05) is 12.1 Å². The minimum absolute atomic E-state index is 0.243. The molecule has 0 radical (unpaired) electrons. The fraction of sp³-hybridized carbons (Fsp3) is 0.0667. The second-order valence-electron chi connectivity index (χ2n) is 4.24. The highest BCUT2D eigenvalue weighted by atomic mass is 19.1. The largest absolute Gasteiger partial charge is 0.464 e. The number of methoxy groups -OCH3 is 1. The van der Waals surface area contributed by atoms with Gasteiger partial charge in [-0.2, -0.15) is 0 Å². The highest BCUT2D eigenvalue weighted by Gasteiger charge is 2.18. The molecule has 0 spiro atoms. The van der Waals surface area contributed by atoms with Gasteiger partial charge in [-0.25, -0.2) is 14.2 Å². The van der Waals surface area contributed by atoms with Crippen LogP contribution in [0.2, 0.25) is 0 Å². The molecule has 0 aliphatic rings. The molecular weight excluding hydrogens is 259 g/mol. The standard InChI is InChI=1S/C15H11FN2O2/c1-20-15(19)13-12-4-2-3-9-18(12)14(17-13)10-5-7-11(16)8-6-10/h2-9H,1H3. The number of carbonyl (C=O) groups is 1. The summed E-state index contributed by atoms with van der Waals surface area (Å²) in [5.41, 5.74) is 1.62. The van der Waals surface area contributed by atoms with Crippen molar-refractivity contribution in [2.24, 2.45) is 0 Å². The topological polar surface area (TPSA) is 43.6 Å². The van der Waals surface area contributed by atoms with Crippen molar-refractivity contribution in [3.8, 4) is 11.4 Å². The van der Waals surface area contributed by atoms with Crippen molar-refractivity contribution in [3.05, 3.63) is 60.2 Å². The van der Waals surface area contributed by atoms with E-state index in [1.165, 1.54) is 19.2 Å². The zero-order chi connectivity index (χ0) is 14.1. The summed E-state index contributed by atoms with van der Waals surface area (Å²) in [7, 11) is 1.31. The third-order valence-corrected chi connectivity index (χ3v) is 3.03. The Labute approximate surface area is 114 Å². The van der Waals surface area contributed by atoms with Gasteiger partial charge in [-0.15, -0.1) is 0 Å². The van der Waals surface area contributed by atoms with E-state index in [-0.39, 0.29) is 11.5 Å². The summed E-state index contributed by atoms with van der Waals surface area (Å²) >= 11 is 0. The van der Waals surface area contributed by atoms with E-state index in [9.17, 15) is 9.18 Å². The Kier molecular flexibility index (Phi) is 2.95. The summed E-state index contributed by atoms with van der Waals surface area (Å²) in [6.45, 7) is 0. The van der Waals surface area contributed by atoms with Gasteiger partial charge in [0, 0.05) is 11.8 Å². The van der Waals surface area contributed by atoms with Crippen LogP contribution in [0.25, 0.3) is 16.9 Å². The monoisotopic (exact) mass is 270 g/mol. The quantitative estimate of drug-likeness (QED) is 0.672. The molecule has 2 heterocycles. The molecule has 0 aliphatic heterocycles. The Bertz CT molecular complexity index is 778. The second kappa shape index (κ2) is 4.77. The number of rotatable bonds is 2. The maximum atomic E-state index is 13.0. The maximum absolute atomic E-state index is 13.0. The number of esters is 1. The van der Waals surface area contributed by atoms with Gasteiger partial charge in [0.25, 0.3) is 0 Å². The number of halogens is 1. The van der Waals surface area contributed by atoms with Crippen LogP contribution in [0.4, 0.5) is 4.39 Å². The van der Waals surface area contributed by atoms with Crippen LogP contribution < -0.4 is 0 Å². The van der Waals surface area contributed by atoms with Crippen LogP contribution in [0.15, 0.2) is 48.7 Å². The molecule has 0 unspecified atom stereocenters. The van der Waals surface area contributed by atoms with Crippen molar-refractivity contribution in [1.82, 2.24) is 9.38 Å². The molecule has 3 rings (SSSR count). The first-order valence-electron chi connectivity index (χ1n) is 6.02. The van der Waals surface area contributed by atoms with Crippen molar-refractivity contribution in [1.29, 1.82) is 0 Å². The van der Waals surface area contributed by atoms with E-state index < -0.39 is 5.97 Å². The number of aromatic nitrogens is 2. The van der Waals surface area contributed by atoms with Gasteiger partial charge in [0.05, 0.1) is 12.6 Å². The Morgan fingerprint density at radius 1 is 1.20 bits per heavy atom. The van der Waals surface area contributed by atoms with Gasteiger partial charge in [0.15, 0.2) is 5.69 Å². The number of imidazole rings is 1. The molecule has 4 nitrogen and oxygen atoms in total. The molecule has 5 heteroatoms. The van der Waals surface area contributed by atoms with Crippen molar-refractivity contribution in [3.63, 3.8) is 0 Å². The summed E-state index contributed by atoms with van der Waals surface area (Å²) < 4.78 is 19.5. The molecule has 2 aromatic heterocycles. The number of hydrogen-bond donors (Lipinski definition) is 0. The van der Waals surface area contributed by atoms with E-state index in [4.69, 9.17) is 4.74 Å². The highest BCUT2D eigenvalue weighted by Crippen LogP contribution is 2.23. The number of hydrogen-bond acceptors (Lipinski definition) is 3. The third kappa shape index (κ3) is 1.93. The van der Waals surface area contributed by atoms with Gasteiger partial charge < -0.3 is 4.74 Å². The molecule has 0 bridgehead atoms. The van der Waals surface area contributed by atoms with Gasteiger partial charge in [0.2, 0.25) is 0 Å². The predicted octanol–water partition coefficient (Wildman–Crippen LogP) is 2.93. The van der Waals surface area contributed by atoms with E-state index >= 15 is 0 Å². The first-order chi connectivity index (χ1) is 9.70. The van der Waals surface area contributed by atoms with Crippen molar-refractivity contribution < 1.29 is 13.9 Å². The van der Waals surface area contributed by atoms with Crippen LogP contribution in [0.5, 0.6) is 0 Å². The number of pyridine rings is 1. The smallest absolute Gasteiger partial charge is 0.358 e. The molecule has 0 N–H and O–H groups in total. The zero-order valence-electron chi connectivity index (χ0n) is 10.7. The van der Waals surface area contributed by atoms with Gasteiger partial charge in [0.1, 0.15) is 11.6 Å². The number of carbonyl (C=O) groups excluding carboxylic acids is 1. The Balaban J connectivity index is 2.26. The lowest BCUT2D eigenvalue weighted by atomic mass is 10.2. The van der Waals surface area contributed by atoms with Gasteiger partial charge in [-0.3, -0.25) is 4.40 Å².